The molecule has 260 valence electrons. The Morgan fingerprint density at radius 2 is 0.605 bits per heavy atom. The van der Waals surface area contributed by atoms with Gasteiger partial charge in [0.1, 0.15) is 13.2 Å². The van der Waals surface area contributed by atoms with Gasteiger partial charge in [-0.15, -0.1) is 0 Å². The molecule has 0 saturated carbocycles. The number of hydrogen-bond acceptors (Lipinski definition) is 6. The van der Waals surface area contributed by atoms with Crippen LogP contribution in [0.15, 0.2) is 0 Å². The number of esters is 2. The Morgan fingerprint density at radius 1 is 0.395 bits per heavy atom. The molecule has 4 radical (unpaired) electrons. The summed E-state index contributed by atoms with van der Waals surface area (Å²) >= 11 is 7.91. The molecule has 4 nitrogen and oxygen atoms in total. The molecule has 0 atom stereocenters. The third-order valence-corrected chi connectivity index (χ3v) is 6.96. The molecule has 0 amide bonds. The Kier molecular flexibility index (Phi) is 67.6. The second-order valence-electron chi connectivity index (χ2n) is 11.0. The van der Waals surface area contributed by atoms with Gasteiger partial charge in [0, 0.05) is 48.3 Å². The maximum absolute atomic E-state index is 11.0. The summed E-state index contributed by atoms with van der Waals surface area (Å²) in [5.41, 5.74) is 0. The molecule has 0 rings (SSSR count). The van der Waals surface area contributed by atoms with E-state index in [0.29, 0.717) is 37.6 Å². The van der Waals surface area contributed by atoms with Crippen molar-refractivity contribution in [3.8, 4) is 0 Å². The number of hydrogen-bond donors (Lipinski definition) is 2. The molecule has 0 fully saturated rings. The molecule has 0 bridgehead atoms. The average molecular weight is 756 g/mol. The molecule has 0 N–H and O–H groups in total. The molecule has 0 heterocycles. The van der Waals surface area contributed by atoms with Crippen LogP contribution in [0.2, 0.25) is 0 Å². The number of rotatable bonds is 26. The summed E-state index contributed by atoms with van der Waals surface area (Å²) in [5, 5.41) is 0. The van der Waals surface area contributed by atoms with Crippen LogP contribution in [0.1, 0.15) is 196 Å². The van der Waals surface area contributed by atoms with Crippen molar-refractivity contribution in [1.82, 2.24) is 0 Å². The van der Waals surface area contributed by atoms with E-state index in [1.807, 2.05) is 0 Å². The molecule has 0 aromatic carbocycles. The first kappa shape index (κ1) is 52.9. The average Bonchev–Trinajstić information content (AvgIpc) is 3.00. The van der Waals surface area contributed by atoms with Gasteiger partial charge in [-0.05, 0) is 12.8 Å². The van der Waals surface area contributed by atoms with Crippen LogP contribution in [0.3, 0.4) is 0 Å². The summed E-state index contributed by atoms with van der Waals surface area (Å²) in [6.45, 7) is 14.3. The van der Waals surface area contributed by atoms with Crippen molar-refractivity contribution in [2.24, 2.45) is 0 Å². The predicted octanol–water partition coefficient (Wildman–Crippen LogP) is 12.0. The molecule has 7 heteroatoms. The van der Waals surface area contributed by atoms with Crippen molar-refractivity contribution >= 4 is 61.1 Å². The summed E-state index contributed by atoms with van der Waals surface area (Å²) in [6.07, 6.45) is 29.8. The molecule has 0 aromatic heterocycles. The molecular weight excluding hydrogens is 679 g/mol. The standard InChI is InChI=1S/2C10H20O2S.2C8H18.Sn/c2*1-2-3-4-5-6-7-10(11)12-8-9-13;2*1-3-5-7-8-6-4-2;/h2*13H,2-9H2,1H3;2*3-8H2,1-2H3;. The van der Waals surface area contributed by atoms with E-state index >= 15 is 0 Å². The Labute approximate surface area is 298 Å². The third-order valence-electron chi connectivity index (χ3n) is 6.59. The largest absolute Gasteiger partial charge is 0.465 e. The molecule has 0 aromatic rings. The number of carbonyl (C=O) groups excluding carboxylic acids is 2. The van der Waals surface area contributed by atoms with Crippen molar-refractivity contribution < 1.29 is 19.1 Å². The van der Waals surface area contributed by atoms with Gasteiger partial charge in [0.15, 0.2) is 0 Å². The molecule has 0 unspecified atom stereocenters. The van der Waals surface area contributed by atoms with Gasteiger partial charge in [-0.1, -0.05) is 170 Å². The van der Waals surface area contributed by atoms with E-state index in [0.717, 1.165) is 25.7 Å². The maximum atomic E-state index is 11.0. The van der Waals surface area contributed by atoms with Crippen LogP contribution in [0, 0.1) is 0 Å². The minimum absolute atomic E-state index is 0. The van der Waals surface area contributed by atoms with Gasteiger partial charge < -0.3 is 9.47 Å². The van der Waals surface area contributed by atoms with Gasteiger partial charge in [0.05, 0.1) is 0 Å². The van der Waals surface area contributed by atoms with E-state index in [1.54, 1.807) is 0 Å². The van der Waals surface area contributed by atoms with Crippen LogP contribution < -0.4 is 0 Å². The topological polar surface area (TPSA) is 52.6 Å². The van der Waals surface area contributed by atoms with Crippen LogP contribution in [0.5, 0.6) is 0 Å². The number of thiol groups is 2. The van der Waals surface area contributed by atoms with Crippen LogP contribution in [-0.2, 0) is 19.1 Å². The molecule has 0 aliphatic heterocycles. The summed E-state index contributed by atoms with van der Waals surface area (Å²) in [6, 6.07) is 0. The van der Waals surface area contributed by atoms with E-state index in [4.69, 9.17) is 9.47 Å². The van der Waals surface area contributed by atoms with E-state index in [-0.39, 0.29) is 35.8 Å². The maximum Gasteiger partial charge on any atom is 0.305 e. The van der Waals surface area contributed by atoms with E-state index in [2.05, 4.69) is 66.8 Å². The summed E-state index contributed by atoms with van der Waals surface area (Å²) in [7, 11) is 0. The van der Waals surface area contributed by atoms with Crippen LogP contribution in [0.4, 0.5) is 0 Å². The molecule has 0 aliphatic carbocycles. The van der Waals surface area contributed by atoms with Crippen LogP contribution in [-0.4, -0.2) is 60.6 Å². The summed E-state index contributed by atoms with van der Waals surface area (Å²) in [5.74, 6) is 1.07. The third kappa shape index (κ3) is 66.0. The van der Waals surface area contributed by atoms with Gasteiger partial charge in [0.2, 0.25) is 0 Å². The molecule has 0 aliphatic rings. The van der Waals surface area contributed by atoms with Gasteiger partial charge in [-0.2, -0.15) is 25.3 Å². The fourth-order valence-corrected chi connectivity index (χ4v) is 4.10. The van der Waals surface area contributed by atoms with E-state index in [1.165, 1.54) is 116 Å². The fraction of sp³-hybridized carbons (Fsp3) is 0.944. The van der Waals surface area contributed by atoms with Gasteiger partial charge >= 0.3 is 11.9 Å². The first-order valence-electron chi connectivity index (χ1n) is 18.0. The zero-order valence-corrected chi connectivity index (χ0v) is 34.5. The summed E-state index contributed by atoms with van der Waals surface area (Å²) < 4.78 is 9.76. The number of carbonyl (C=O) groups is 2. The number of unbranched alkanes of at least 4 members (excludes halogenated alkanes) is 18. The van der Waals surface area contributed by atoms with Gasteiger partial charge in [0.25, 0.3) is 0 Å². The van der Waals surface area contributed by atoms with Crippen molar-refractivity contribution in [3.05, 3.63) is 0 Å². The Hall–Kier alpha value is 0.439. The quantitative estimate of drug-likeness (QED) is 0.0400. The monoisotopic (exact) mass is 756 g/mol. The molecule has 43 heavy (non-hydrogen) atoms. The Balaban J connectivity index is -0.000000152. The van der Waals surface area contributed by atoms with Crippen molar-refractivity contribution in [3.63, 3.8) is 0 Å². The van der Waals surface area contributed by atoms with E-state index < -0.39 is 0 Å². The Morgan fingerprint density at radius 3 is 0.791 bits per heavy atom. The van der Waals surface area contributed by atoms with Crippen LogP contribution in [0.25, 0.3) is 0 Å². The predicted molar refractivity (Wildman–Crippen MR) is 200 cm³/mol. The SMILES string of the molecule is CCCCCCCC.CCCCCCCC.CCCCCCCC(=O)OCCS.CCCCCCCC(=O)OCCS.[Sn]. The van der Waals surface area contributed by atoms with Crippen molar-refractivity contribution in [1.29, 1.82) is 0 Å². The van der Waals surface area contributed by atoms with Crippen molar-refractivity contribution in [2.45, 2.75) is 196 Å². The molecule has 0 spiro atoms. The first-order chi connectivity index (χ1) is 20.4. The smallest absolute Gasteiger partial charge is 0.305 e. The second kappa shape index (κ2) is 54.9. The van der Waals surface area contributed by atoms with Crippen molar-refractivity contribution in [2.75, 3.05) is 24.7 Å². The minimum atomic E-state index is -0.0782. The number of ether oxygens (including phenoxy) is 2. The normalized spacial score (nSPS) is 9.67. The van der Waals surface area contributed by atoms with E-state index in [9.17, 15) is 9.59 Å². The van der Waals surface area contributed by atoms with Gasteiger partial charge in [-0.25, -0.2) is 0 Å². The first-order valence-corrected chi connectivity index (χ1v) is 19.2. The fourth-order valence-electron chi connectivity index (χ4n) is 3.92. The molecule has 0 saturated heterocycles. The zero-order chi connectivity index (χ0) is 32.4. The summed E-state index contributed by atoms with van der Waals surface area (Å²) in [4.78, 5) is 22.0. The second-order valence-corrected chi connectivity index (χ2v) is 11.9. The molecular formula is C36H76O4S2Sn. The minimum Gasteiger partial charge on any atom is -0.465 e. The Bertz CT molecular complexity index is 428. The zero-order valence-electron chi connectivity index (χ0n) is 29.8. The van der Waals surface area contributed by atoms with Crippen LogP contribution >= 0.6 is 25.3 Å². The van der Waals surface area contributed by atoms with Gasteiger partial charge in [-0.3, -0.25) is 9.59 Å².